The minimum absolute atomic E-state index is 0.188. The van der Waals surface area contributed by atoms with Gasteiger partial charge < -0.3 is 10.2 Å². The number of nitrogens with zero attached hydrogens (tertiary/aromatic N) is 1. The molecule has 1 aromatic carbocycles. The molecule has 0 amide bonds. The van der Waals surface area contributed by atoms with Gasteiger partial charge in [0.1, 0.15) is 5.82 Å². The van der Waals surface area contributed by atoms with Gasteiger partial charge in [0.05, 0.1) is 4.47 Å². The van der Waals surface area contributed by atoms with Crippen LogP contribution in [0.15, 0.2) is 16.6 Å². The van der Waals surface area contributed by atoms with E-state index >= 15 is 0 Å². The minimum Gasteiger partial charge on any atom is -0.365 e. The van der Waals surface area contributed by atoms with Crippen molar-refractivity contribution in [2.75, 3.05) is 18.0 Å². The van der Waals surface area contributed by atoms with Crippen molar-refractivity contribution < 1.29 is 4.39 Å². The first-order valence-corrected chi connectivity index (χ1v) is 7.28. The number of nitrogens with one attached hydrogen (secondary N) is 1. The first kappa shape index (κ1) is 13.8. The van der Waals surface area contributed by atoms with Gasteiger partial charge in [0.2, 0.25) is 0 Å². The monoisotopic (exact) mass is 314 g/mol. The lowest BCUT2D eigenvalue weighted by atomic mass is 10.0. The standard InChI is InChI=1S/C14H20BrFN2/c1-4-11-7-17-10(3)8-18(11)14-6-12(15)13(16)5-9(14)2/h5-6,10-11,17H,4,7-8H2,1-3H3. The van der Waals surface area contributed by atoms with E-state index in [0.29, 0.717) is 16.6 Å². The van der Waals surface area contributed by atoms with Gasteiger partial charge in [0, 0.05) is 30.9 Å². The highest BCUT2D eigenvalue weighted by atomic mass is 79.9. The summed E-state index contributed by atoms with van der Waals surface area (Å²) in [6.45, 7) is 8.32. The van der Waals surface area contributed by atoms with Gasteiger partial charge >= 0.3 is 0 Å². The predicted octanol–water partition coefficient (Wildman–Crippen LogP) is 3.47. The average molecular weight is 315 g/mol. The fraction of sp³-hybridized carbons (Fsp3) is 0.571. The Morgan fingerprint density at radius 1 is 1.50 bits per heavy atom. The molecule has 1 fully saturated rings. The smallest absolute Gasteiger partial charge is 0.137 e. The van der Waals surface area contributed by atoms with Crippen molar-refractivity contribution in [1.29, 1.82) is 0 Å². The van der Waals surface area contributed by atoms with E-state index < -0.39 is 0 Å². The number of benzene rings is 1. The van der Waals surface area contributed by atoms with Crippen molar-refractivity contribution in [3.8, 4) is 0 Å². The number of rotatable bonds is 2. The van der Waals surface area contributed by atoms with Crippen molar-refractivity contribution >= 4 is 21.6 Å². The van der Waals surface area contributed by atoms with Gasteiger partial charge in [-0.15, -0.1) is 0 Å². The van der Waals surface area contributed by atoms with Crippen molar-refractivity contribution in [3.05, 3.63) is 28.0 Å². The lowest BCUT2D eigenvalue weighted by Gasteiger charge is -2.41. The summed E-state index contributed by atoms with van der Waals surface area (Å²) >= 11 is 3.29. The normalized spacial score (nSPS) is 24.4. The van der Waals surface area contributed by atoms with Gasteiger partial charge in [-0.2, -0.15) is 0 Å². The lowest BCUT2D eigenvalue weighted by Crippen LogP contribution is -2.55. The summed E-state index contributed by atoms with van der Waals surface area (Å²) in [5.74, 6) is -0.188. The van der Waals surface area contributed by atoms with E-state index in [1.54, 1.807) is 6.07 Å². The molecule has 0 spiro atoms. The Bertz CT molecular complexity index is 436. The van der Waals surface area contributed by atoms with E-state index in [1.165, 1.54) is 0 Å². The maximum atomic E-state index is 13.5. The highest BCUT2D eigenvalue weighted by molar-refractivity contribution is 9.10. The molecule has 4 heteroatoms. The zero-order chi connectivity index (χ0) is 13.3. The minimum atomic E-state index is -0.188. The summed E-state index contributed by atoms with van der Waals surface area (Å²) in [6.07, 6.45) is 1.09. The molecule has 18 heavy (non-hydrogen) atoms. The molecule has 1 aliphatic rings. The molecule has 0 aliphatic carbocycles. The number of hydrogen-bond donors (Lipinski definition) is 1. The van der Waals surface area contributed by atoms with Crippen LogP contribution in [0.4, 0.5) is 10.1 Å². The molecule has 0 radical (unpaired) electrons. The SMILES string of the molecule is CCC1CNC(C)CN1c1cc(Br)c(F)cc1C. The first-order chi connectivity index (χ1) is 8.52. The van der Waals surface area contributed by atoms with Gasteiger partial charge in [0.15, 0.2) is 0 Å². The molecule has 1 N–H and O–H groups in total. The molecule has 2 nitrogen and oxygen atoms in total. The van der Waals surface area contributed by atoms with Crippen LogP contribution < -0.4 is 10.2 Å². The summed E-state index contributed by atoms with van der Waals surface area (Å²) in [7, 11) is 0. The Kier molecular flexibility index (Phi) is 4.28. The zero-order valence-corrected chi connectivity index (χ0v) is 12.7. The average Bonchev–Trinajstić information content (AvgIpc) is 2.34. The van der Waals surface area contributed by atoms with E-state index in [0.717, 1.165) is 30.8 Å². The van der Waals surface area contributed by atoms with Crippen LogP contribution in [0.2, 0.25) is 0 Å². The fourth-order valence-corrected chi connectivity index (χ4v) is 2.89. The Morgan fingerprint density at radius 3 is 2.89 bits per heavy atom. The van der Waals surface area contributed by atoms with E-state index in [9.17, 15) is 4.39 Å². The number of aryl methyl sites for hydroxylation is 1. The number of hydrogen-bond acceptors (Lipinski definition) is 2. The van der Waals surface area contributed by atoms with Crippen LogP contribution in [-0.4, -0.2) is 25.2 Å². The van der Waals surface area contributed by atoms with Gasteiger partial charge in [-0.05, 0) is 53.9 Å². The number of piperazine rings is 1. The van der Waals surface area contributed by atoms with Crippen LogP contribution in [0.25, 0.3) is 0 Å². The molecule has 1 aromatic rings. The molecule has 2 atom stereocenters. The van der Waals surface area contributed by atoms with Crippen LogP contribution in [0.5, 0.6) is 0 Å². The molecule has 100 valence electrons. The van der Waals surface area contributed by atoms with E-state index in [2.05, 4.69) is 40.0 Å². The largest absolute Gasteiger partial charge is 0.365 e. The van der Waals surface area contributed by atoms with Crippen LogP contribution in [0.3, 0.4) is 0 Å². The van der Waals surface area contributed by atoms with Crippen molar-refractivity contribution in [2.45, 2.75) is 39.3 Å². The van der Waals surface area contributed by atoms with E-state index in [1.807, 2.05) is 13.0 Å². The Balaban J connectivity index is 2.36. The molecule has 1 heterocycles. The molecule has 2 unspecified atom stereocenters. The second-order valence-electron chi connectivity index (χ2n) is 5.08. The van der Waals surface area contributed by atoms with Crippen LogP contribution in [-0.2, 0) is 0 Å². The van der Waals surface area contributed by atoms with Crippen molar-refractivity contribution in [2.24, 2.45) is 0 Å². The van der Waals surface area contributed by atoms with Crippen LogP contribution >= 0.6 is 15.9 Å². The number of anilines is 1. The van der Waals surface area contributed by atoms with Gasteiger partial charge in [-0.3, -0.25) is 0 Å². The van der Waals surface area contributed by atoms with Crippen molar-refractivity contribution in [3.63, 3.8) is 0 Å². The summed E-state index contributed by atoms with van der Waals surface area (Å²) < 4.78 is 14.1. The summed E-state index contributed by atoms with van der Waals surface area (Å²) in [5.41, 5.74) is 2.15. The summed E-state index contributed by atoms with van der Waals surface area (Å²) in [6, 6.07) is 4.47. The quantitative estimate of drug-likeness (QED) is 0.899. The molecule has 1 aliphatic heterocycles. The first-order valence-electron chi connectivity index (χ1n) is 6.48. The molecular formula is C14H20BrFN2. The van der Waals surface area contributed by atoms with Gasteiger partial charge in [-0.1, -0.05) is 6.92 Å². The van der Waals surface area contributed by atoms with Crippen LogP contribution in [0, 0.1) is 12.7 Å². The van der Waals surface area contributed by atoms with Gasteiger partial charge in [-0.25, -0.2) is 4.39 Å². The summed E-state index contributed by atoms with van der Waals surface area (Å²) in [5, 5.41) is 3.50. The molecular weight excluding hydrogens is 295 g/mol. The molecule has 1 saturated heterocycles. The third-order valence-electron chi connectivity index (χ3n) is 3.63. The second kappa shape index (κ2) is 5.57. The second-order valence-corrected chi connectivity index (χ2v) is 5.93. The Labute approximate surface area is 117 Å². The number of halogens is 2. The van der Waals surface area contributed by atoms with Gasteiger partial charge in [0.25, 0.3) is 0 Å². The molecule has 0 aromatic heterocycles. The maximum Gasteiger partial charge on any atom is 0.137 e. The van der Waals surface area contributed by atoms with E-state index in [4.69, 9.17) is 0 Å². The fourth-order valence-electron chi connectivity index (χ4n) is 2.56. The third-order valence-corrected chi connectivity index (χ3v) is 4.24. The van der Waals surface area contributed by atoms with Crippen molar-refractivity contribution in [1.82, 2.24) is 5.32 Å². The zero-order valence-electron chi connectivity index (χ0n) is 11.1. The topological polar surface area (TPSA) is 15.3 Å². The summed E-state index contributed by atoms with van der Waals surface area (Å²) in [4.78, 5) is 2.40. The van der Waals surface area contributed by atoms with Crippen LogP contribution in [0.1, 0.15) is 25.8 Å². The van der Waals surface area contributed by atoms with E-state index in [-0.39, 0.29) is 5.82 Å². The molecule has 2 rings (SSSR count). The highest BCUT2D eigenvalue weighted by Gasteiger charge is 2.26. The Hall–Kier alpha value is -0.610. The maximum absolute atomic E-state index is 13.5. The predicted molar refractivity (Wildman–Crippen MR) is 77.7 cm³/mol. The molecule has 0 saturated carbocycles. The molecule has 0 bridgehead atoms. The third kappa shape index (κ3) is 2.69. The lowest BCUT2D eigenvalue weighted by molar-refractivity contribution is 0.402. The highest BCUT2D eigenvalue weighted by Crippen LogP contribution is 2.30. The Morgan fingerprint density at radius 2 is 2.22 bits per heavy atom.